The summed E-state index contributed by atoms with van der Waals surface area (Å²) in [5, 5.41) is 17.0. The molecule has 0 bridgehead atoms. The number of aliphatic hydroxyl groups is 1. The van der Waals surface area contributed by atoms with E-state index in [0.717, 1.165) is 5.92 Å². The van der Waals surface area contributed by atoms with Crippen LogP contribution in [0.3, 0.4) is 0 Å². The second-order valence-electron chi connectivity index (χ2n) is 6.22. The molecule has 17 heavy (non-hydrogen) atoms. The van der Waals surface area contributed by atoms with Gasteiger partial charge in [0.25, 0.3) is 0 Å². The first-order valence-corrected chi connectivity index (χ1v) is 6.52. The molecule has 2 rings (SSSR count). The quantitative estimate of drug-likeness (QED) is 0.860. The Balaban J connectivity index is 1.95. The number of hydrogen-bond donors (Lipinski definition) is 1. The van der Waals surface area contributed by atoms with Crippen LogP contribution in [0.1, 0.15) is 58.2 Å². The lowest BCUT2D eigenvalue weighted by Gasteiger charge is -2.36. The van der Waals surface area contributed by atoms with E-state index >= 15 is 0 Å². The average molecular weight is 237 g/mol. The Morgan fingerprint density at radius 3 is 2.41 bits per heavy atom. The van der Waals surface area contributed by atoms with Crippen molar-refractivity contribution < 1.29 is 5.11 Å². The first-order valence-electron chi connectivity index (χ1n) is 6.52. The number of nitrogens with zero attached hydrogens (tertiary/aromatic N) is 3. The van der Waals surface area contributed by atoms with Crippen LogP contribution in [-0.4, -0.2) is 20.1 Å². The van der Waals surface area contributed by atoms with Crippen molar-refractivity contribution in [2.45, 2.75) is 59.1 Å². The summed E-state index contributed by atoms with van der Waals surface area (Å²) in [6.45, 7) is 6.98. The molecular weight excluding hydrogens is 214 g/mol. The first-order chi connectivity index (χ1) is 8.00. The Kier molecular flexibility index (Phi) is 3.52. The standard InChI is InChI=1S/C13H23N3O/c1-13(2,3)10-4-6-12(7-5-10)16-8-11(9-17)14-15-16/h8,10,12,17H,4-7,9H2,1-3H3. The van der Waals surface area contributed by atoms with Crippen LogP contribution in [0.15, 0.2) is 6.20 Å². The molecule has 0 aromatic carbocycles. The van der Waals surface area contributed by atoms with Gasteiger partial charge >= 0.3 is 0 Å². The summed E-state index contributed by atoms with van der Waals surface area (Å²) in [5.74, 6) is 0.819. The second kappa shape index (κ2) is 4.77. The molecule has 0 radical (unpaired) electrons. The van der Waals surface area contributed by atoms with Gasteiger partial charge in [0.1, 0.15) is 5.69 Å². The molecule has 1 aromatic heterocycles. The van der Waals surface area contributed by atoms with Gasteiger partial charge in [-0.25, -0.2) is 4.68 Å². The highest BCUT2D eigenvalue weighted by Gasteiger charge is 2.30. The molecule has 0 aliphatic heterocycles. The molecule has 1 fully saturated rings. The molecule has 0 saturated heterocycles. The Labute approximate surface area is 103 Å². The van der Waals surface area contributed by atoms with E-state index in [-0.39, 0.29) is 6.61 Å². The summed E-state index contributed by atoms with van der Waals surface area (Å²) < 4.78 is 1.93. The van der Waals surface area contributed by atoms with Gasteiger partial charge < -0.3 is 5.11 Å². The predicted molar refractivity (Wildman–Crippen MR) is 66.4 cm³/mol. The lowest BCUT2D eigenvalue weighted by Crippen LogP contribution is -2.27. The fraction of sp³-hybridized carbons (Fsp3) is 0.846. The van der Waals surface area contributed by atoms with Crippen LogP contribution in [0.5, 0.6) is 0 Å². The normalized spacial score (nSPS) is 26.1. The molecule has 0 atom stereocenters. The Hall–Kier alpha value is -0.900. The summed E-state index contributed by atoms with van der Waals surface area (Å²) in [7, 11) is 0. The number of aliphatic hydroxyl groups excluding tert-OH is 1. The highest BCUT2D eigenvalue weighted by atomic mass is 16.3. The lowest BCUT2D eigenvalue weighted by atomic mass is 9.71. The zero-order chi connectivity index (χ0) is 12.5. The van der Waals surface area contributed by atoms with Crippen molar-refractivity contribution in [2.75, 3.05) is 0 Å². The molecule has 0 unspecified atom stereocenters. The largest absolute Gasteiger partial charge is 0.390 e. The topological polar surface area (TPSA) is 50.9 Å². The highest BCUT2D eigenvalue weighted by Crippen LogP contribution is 2.41. The average Bonchev–Trinajstić information content (AvgIpc) is 2.76. The number of aromatic nitrogens is 3. The predicted octanol–water partition coefficient (Wildman–Crippen LogP) is 2.55. The minimum atomic E-state index is -0.0165. The van der Waals surface area contributed by atoms with E-state index < -0.39 is 0 Å². The SMILES string of the molecule is CC(C)(C)C1CCC(n2cc(CO)nn2)CC1. The summed E-state index contributed by atoms with van der Waals surface area (Å²) >= 11 is 0. The lowest BCUT2D eigenvalue weighted by molar-refractivity contribution is 0.147. The van der Waals surface area contributed by atoms with Crippen LogP contribution in [0, 0.1) is 11.3 Å². The van der Waals surface area contributed by atoms with Gasteiger partial charge in [-0.1, -0.05) is 26.0 Å². The van der Waals surface area contributed by atoms with Gasteiger partial charge in [0.2, 0.25) is 0 Å². The summed E-state index contributed by atoms with van der Waals surface area (Å²) in [4.78, 5) is 0. The van der Waals surface area contributed by atoms with E-state index in [1.54, 1.807) is 0 Å². The molecule has 96 valence electrons. The monoisotopic (exact) mass is 237 g/mol. The highest BCUT2D eigenvalue weighted by molar-refractivity contribution is 4.92. The van der Waals surface area contributed by atoms with Crippen molar-refractivity contribution in [3.8, 4) is 0 Å². The molecule has 0 amide bonds. The minimum absolute atomic E-state index is 0.0165. The van der Waals surface area contributed by atoms with Gasteiger partial charge in [-0.3, -0.25) is 0 Å². The fourth-order valence-electron chi connectivity index (χ4n) is 2.77. The van der Waals surface area contributed by atoms with Crippen molar-refractivity contribution >= 4 is 0 Å². The molecule has 1 heterocycles. The third-order valence-corrected chi connectivity index (χ3v) is 4.02. The smallest absolute Gasteiger partial charge is 0.108 e. The summed E-state index contributed by atoms with van der Waals surface area (Å²) in [5.41, 5.74) is 1.09. The van der Waals surface area contributed by atoms with Crippen molar-refractivity contribution in [1.29, 1.82) is 0 Å². The van der Waals surface area contributed by atoms with Gasteiger partial charge in [-0.05, 0) is 37.0 Å². The maximum Gasteiger partial charge on any atom is 0.108 e. The van der Waals surface area contributed by atoms with Gasteiger partial charge in [-0.15, -0.1) is 5.10 Å². The summed E-state index contributed by atoms with van der Waals surface area (Å²) in [6.07, 6.45) is 6.76. The van der Waals surface area contributed by atoms with E-state index in [9.17, 15) is 0 Å². The third kappa shape index (κ3) is 2.86. The molecule has 1 aromatic rings. The van der Waals surface area contributed by atoms with Crippen molar-refractivity contribution in [3.05, 3.63) is 11.9 Å². The van der Waals surface area contributed by atoms with Crippen LogP contribution in [0.2, 0.25) is 0 Å². The number of rotatable bonds is 2. The van der Waals surface area contributed by atoms with Crippen LogP contribution in [-0.2, 0) is 6.61 Å². The van der Waals surface area contributed by atoms with Crippen LogP contribution in [0.4, 0.5) is 0 Å². The third-order valence-electron chi connectivity index (χ3n) is 4.02. The molecule has 1 aliphatic rings. The number of hydrogen-bond acceptors (Lipinski definition) is 3. The second-order valence-corrected chi connectivity index (χ2v) is 6.22. The van der Waals surface area contributed by atoms with Crippen molar-refractivity contribution in [1.82, 2.24) is 15.0 Å². The van der Waals surface area contributed by atoms with Gasteiger partial charge in [0, 0.05) is 0 Å². The molecule has 4 heteroatoms. The Bertz CT molecular complexity index is 359. The molecule has 0 spiro atoms. The maximum absolute atomic E-state index is 8.98. The molecule has 4 nitrogen and oxygen atoms in total. The van der Waals surface area contributed by atoms with E-state index in [1.807, 2.05) is 10.9 Å². The molecule has 1 N–H and O–H groups in total. The zero-order valence-electron chi connectivity index (χ0n) is 11.1. The van der Waals surface area contributed by atoms with Gasteiger partial charge in [0.05, 0.1) is 18.8 Å². The van der Waals surface area contributed by atoms with Crippen LogP contribution >= 0.6 is 0 Å². The van der Waals surface area contributed by atoms with E-state index in [1.165, 1.54) is 25.7 Å². The van der Waals surface area contributed by atoms with Crippen molar-refractivity contribution in [2.24, 2.45) is 11.3 Å². The summed E-state index contributed by atoms with van der Waals surface area (Å²) in [6, 6.07) is 0.474. The fourth-order valence-corrected chi connectivity index (χ4v) is 2.77. The molecule has 1 aliphatic carbocycles. The van der Waals surface area contributed by atoms with E-state index in [2.05, 4.69) is 31.1 Å². The van der Waals surface area contributed by atoms with E-state index in [0.29, 0.717) is 17.2 Å². The Morgan fingerprint density at radius 1 is 1.29 bits per heavy atom. The molecule has 1 saturated carbocycles. The van der Waals surface area contributed by atoms with Crippen LogP contribution < -0.4 is 0 Å². The Morgan fingerprint density at radius 2 is 1.94 bits per heavy atom. The first kappa shape index (κ1) is 12.6. The zero-order valence-corrected chi connectivity index (χ0v) is 11.1. The maximum atomic E-state index is 8.98. The minimum Gasteiger partial charge on any atom is -0.390 e. The van der Waals surface area contributed by atoms with E-state index in [4.69, 9.17) is 5.11 Å². The van der Waals surface area contributed by atoms with Crippen LogP contribution in [0.25, 0.3) is 0 Å². The van der Waals surface area contributed by atoms with Crippen molar-refractivity contribution in [3.63, 3.8) is 0 Å². The molecular formula is C13H23N3O. The van der Waals surface area contributed by atoms with Gasteiger partial charge in [-0.2, -0.15) is 0 Å². The van der Waals surface area contributed by atoms with Gasteiger partial charge in [0.15, 0.2) is 0 Å².